The van der Waals surface area contributed by atoms with Gasteiger partial charge in [-0.15, -0.1) is 22.7 Å². The number of carbonyl (C=O) groups is 1. The maximum Gasteiger partial charge on any atom is 0.350 e. The average Bonchev–Trinajstić information content (AvgIpc) is 3.25. The van der Waals surface area contributed by atoms with Gasteiger partial charge < -0.3 is 4.74 Å². The number of rotatable bonds is 6. The van der Waals surface area contributed by atoms with Crippen molar-refractivity contribution < 1.29 is 18.3 Å². The van der Waals surface area contributed by atoms with Gasteiger partial charge in [0.25, 0.3) is 0 Å². The highest BCUT2D eigenvalue weighted by atomic mass is 32.1. The molecular formula is C19H16F2N2O2S2. The van der Waals surface area contributed by atoms with Gasteiger partial charge in [0, 0.05) is 5.92 Å². The molecule has 0 radical (unpaired) electrons. The summed E-state index contributed by atoms with van der Waals surface area (Å²) in [7, 11) is 0. The number of carbonyl (C=O) groups excluding carboxylic acids is 1. The molecule has 2 aromatic heterocycles. The normalized spacial score (nSPS) is 11.1. The van der Waals surface area contributed by atoms with Gasteiger partial charge >= 0.3 is 5.97 Å². The first kappa shape index (κ1) is 19.4. The predicted octanol–water partition coefficient (Wildman–Crippen LogP) is 5.40. The molecule has 0 aliphatic rings. The Kier molecular flexibility index (Phi) is 5.82. The van der Waals surface area contributed by atoms with E-state index in [9.17, 15) is 18.8 Å². The van der Waals surface area contributed by atoms with Crippen molar-refractivity contribution in [2.45, 2.75) is 19.8 Å². The summed E-state index contributed by atoms with van der Waals surface area (Å²) in [5, 5.41) is 10.8. The summed E-state index contributed by atoms with van der Waals surface area (Å²) in [6.45, 7) is 2.12. The fourth-order valence-electron chi connectivity index (χ4n) is 2.71. The van der Waals surface area contributed by atoms with Crippen molar-refractivity contribution >= 4 is 38.7 Å². The van der Waals surface area contributed by atoms with E-state index in [-0.39, 0.29) is 6.61 Å². The van der Waals surface area contributed by atoms with Crippen LogP contribution < -0.4 is 0 Å². The van der Waals surface area contributed by atoms with E-state index in [1.54, 1.807) is 26.0 Å². The summed E-state index contributed by atoms with van der Waals surface area (Å²) in [5.74, 6) is -1.28. The van der Waals surface area contributed by atoms with E-state index >= 15 is 0 Å². The van der Waals surface area contributed by atoms with Gasteiger partial charge in [0.2, 0.25) is 0 Å². The van der Waals surface area contributed by atoms with E-state index in [0.29, 0.717) is 26.7 Å². The van der Waals surface area contributed by atoms with Crippen molar-refractivity contribution in [2.24, 2.45) is 0 Å². The molecule has 0 aliphatic carbocycles. The zero-order valence-electron chi connectivity index (χ0n) is 14.7. The Morgan fingerprint density at radius 1 is 1.30 bits per heavy atom. The minimum absolute atomic E-state index is 0.285. The maximum atomic E-state index is 13.1. The molecule has 8 heteroatoms. The number of alkyl halides is 2. The third-order valence-corrected chi connectivity index (χ3v) is 6.56. The zero-order valence-corrected chi connectivity index (χ0v) is 16.3. The van der Waals surface area contributed by atoms with Crippen LogP contribution in [0, 0.1) is 18.3 Å². The first-order chi connectivity index (χ1) is 13.0. The number of fused-ring (bicyclic) bond motifs is 1. The number of nitriles is 1. The van der Waals surface area contributed by atoms with Gasteiger partial charge in [-0.25, -0.2) is 9.78 Å². The quantitative estimate of drug-likeness (QED) is 0.514. The molecule has 0 spiro atoms. The Bertz CT molecular complexity index is 1030. The summed E-state index contributed by atoms with van der Waals surface area (Å²) >= 11 is 2.60. The number of benzene rings is 1. The lowest BCUT2D eigenvalue weighted by atomic mass is 9.98. The van der Waals surface area contributed by atoms with Gasteiger partial charge in [-0.05, 0) is 43.0 Å². The molecule has 0 fully saturated rings. The van der Waals surface area contributed by atoms with Crippen molar-refractivity contribution in [3.05, 3.63) is 39.9 Å². The second-order valence-corrected chi connectivity index (χ2v) is 7.92. The topological polar surface area (TPSA) is 63.0 Å². The molecular weight excluding hydrogens is 390 g/mol. The second kappa shape index (κ2) is 8.11. The number of hydrogen-bond acceptors (Lipinski definition) is 6. The molecule has 0 saturated carbocycles. The van der Waals surface area contributed by atoms with Crippen molar-refractivity contribution in [3.63, 3.8) is 0 Å². The highest BCUT2D eigenvalue weighted by molar-refractivity contribution is 7.26. The van der Waals surface area contributed by atoms with Crippen LogP contribution in [0.1, 0.15) is 39.3 Å². The van der Waals surface area contributed by atoms with E-state index in [2.05, 4.69) is 11.1 Å². The number of halogens is 2. The number of aryl methyl sites for hydroxylation is 1. The molecule has 0 saturated heterocycles. The molecule has 0 unspecified atom stereocenters. The molecule has 0 amide bonds. The molecule has 0 atom stereocenters. The fourth-order valence-corrected chi connectivity index (χ4v) is 4.82. The highest BCUT2D eigenvalue weighted by Gasteiger charge is 2.20. The standard InChI is InChI=1S/C19H16F2N2O2S2/c1-3-25-19(24)16-10(2)23-18(27-16)15-6-12-4-11(14(7-20)8-21)5-13(9-22)17(12)26-15/h4-6,14H,3,7-8H2,1-2H3. The summed E-state index contributed by atoms with van der Waals surface area (Å²) < 4.78 is 31.9. The van der Waals surface area contributed by atoms with Gasteiger partial charge in [-0.3, -0.25) is 8.78 Å². The van der Waals surface area contributed by atoms with Gasteiger partial charge in [0.1, 0.15) is 16.0 Å². The van der Waals surface area contributed by atoms with Crippen LogP contribution in [0.3, 0.4) is 0 Å². The molecule has 27 heavy (non-hydrogen) atoms. The number of thiazole rings is 1. The Labute approximate surface area is 163 Å². The van der Waals surface area contributed by atoms with Crippen LogP contribution in [0.4, 0.5) is 8.78 Å². The molecule has 2 heterocycles. The third kappa shape index (κ3) is 3.70. The van der Waals surface area contributed by atoms with Crippen LogP contribution in [-0.4, -0.2) is 30.9 Å². The van der Waals surface area contributed by atoms with Crippen molar-refractivity contribution in [2.75, 3.05) is 20.0 Å². The Morgan fingerprint density at radius 2 is 2.04 bits per heavy atom. The van der Waals surface area contributed by atoms with E-state index in [1.165, 1.54) is 22.7 Å². The van der Waals surface area contributed by atoms with Gasteiger partial charge in [0.05, 0.1) is 40.8 Å². The molecule has 0 aliphatic heterocycles. The summed E-state index contributed by atoms with van der Waals surface area (Å²) in [5.41, 5.74) is 1.43. The number of aromatic nitrogens is 1. The molecule has 0 bridgehead atoms. The number of nitrogens with zero attached hydrogens (tertiary/aromatic N) is 2. The van der Waals surface area contributed by atoms with E-state index in [1.807, 2.05) is 6.07 Å². The largest absolute Gasteiger partial charge is 0.462 e. The first-order valence-corrected chi connectivity index (χ1v) is 9.90. The average molecular weight is 406 g/mol. The summed E-state index contributed by atoms with van der Waals surface area (Å²) in [6.07, 6.45) is 0. The summed E-state index contributed by atoms with van der Waals surface area (Å²) in [6, 6.07) is 7.20. The number of ether oxygens (including phenoxy) is 1. The smallest absolute Gasteiger partial charge is 0.350 e. The SMILES string of the molecule is CCOC(=O)c1sc(-c2cc3cc(C(CF)CF)cc(C#N)c3s2)nc1C. The van der Waals surface area contributed by atoms with Gasteiger partial charge in [-0.2, -0.15) is 5.26 Å². The van der Waals surface area contributed by atoms with Gasteiger partial charge in [-0.1, -0.05) is 0 Å². The third-order valence-electron chi connectivity index (χ3n) is 4.07. The lowest BCUT2D eigenvalue weighted by Crippen LogP contribution is -2.03. The molecule has 1 aromatic carbocycles. The Hall–Kier alpha value is -2.37. The monoisotopic (exact) mass is 406 g/mol. The second-order valence-electron chi connectivity index (χ2n) is 5.87. The molecule has 140 valence electrons. The highest BCUT2D eigenvalue weighted by Crippen LogP contribution is 2.39. The van der Waals surface area contributed by atoms with E-state index in [0.717, 1.165) is 15.0 Å². The van der Waals surface area contributed by atoms with Crippen LogP contribution in [-0.2, 0) is 4.74 Å². The molecule has 4 nitrogen and oxygen atoms in total. The first-order valence-electron chi connectivity index (χ1n) is 8.26. The lowest BCUT2D eigenvalue weighted by molar-refractivity contribution is 0.0531. The molecule has 3 aromatic rings. The fraction of sp³-hybridized carbons (Fsp3) is 0.316. The molecule has 3 rings (SSSR count). The zero-order chi connectivity index (χ0) is 19.6. The number of esters is 1. The van der Waals surface area contributed by atoms with Crippen LogP contribution in [0.5, 0.6) is 0 Å². The van der Waals surface area contributed by atoms with Crippen molar-refractivity contribution in [3.8, 4) is 16.0 Å². The lowest BCUT2D eigenvalue weighted by Gasteiger charge is -2.09. The van der Waals surface area contributed by atoms with E-state index in [4.69, 9.17) is 4.74 Å². The van der Waals surface area contributed by atoms with Crippen molar-refractivity contribution in [1.29, 1.82) is 5.26 Å². The Morgan fingerprint density at radius 3 is 2.67 bits per heavy atom. The van der Waals surface area contributed by atoms with E-state index < -0.39 is 25.2 Å². The van der Waals surface area contributed by atoms with Crippen LogP contribution >= 0.6 is 22.7 Å². The minimum atomic E-state index is -0.873. The van der Waals surface area contributed by atoms with Crippen LogP contribution in [0.25, 0.3) is 20.0 Å². The summed E-state index contributed by atoms with van der Waals surface area (Å²) in [4.78, 5) is 17.7. The van der Waals surface area contributed by atoms with Crippen LogP contribution in [0.2, 0.25) is 0 Å². The van der Waals surface area contributed by atoms with Crippen LogP contribution in [0.15, 0.2) is 18.2 Å². The van der Waals surface area contributed by atoms with Gasteiger partial charge in [0.15, 0.2) is 0 Å². The molecule has 0 N–H and O–H groups in total. The van der Waals surface area contributed by atoms with Crippen molar-refractivity contribution in [1.82, 2.24) is 4.98 Å². The predicted molar refractivity (Wildman–Crippen MR) is 103 cm³/mol. The number of hydrogen-bond donors (Lipinski definition) is 0. The minimum Gasteiger partial charge on any atom is -0.462 e. The Balaban J connectivity index is 2.08. The number of thiophene rings is 1. The maximum absolute atomic E-state index is 13.1.